The van der Waals surface area contributed by atoms with Crippen molar-refractivity contribution in [3.8, 4) is 5.75 Å². The van der Waals surface area contributed by atoms with Crippen LogP contribution in [0.25, 0.3) is 0 Å². The molecule has 0 spiro atoms. The molecule has 1 amide bonds. The largest absolute Gasteiger partial charge is 0.496 e. The van der Waals surface area contributed by atoms with Crippen LogP contribution in [0.2, 0.25) is 0 Å². The van der Waals surface area contributed by atoms with Crippen molar-refractivity contribution in [2.24, 2.45) is 0 Å². The van der Waals surface area contributed by atoms with Crippen molar-refractivity contribution in [2.45, 2.75) is 32.6 Å². The predicted molar refractivity (Wildman–Crippen MR) is 106 cm³/mol. The zero-order valence-electron chi connectivity index (χ0n) is 14.7. The molecular weight excluding hydrogens is 418 g/mol. The third-order valence-electron chi connectivity index (χ3n) is 4.28. The maximum atomic E-state index is 12.8. The fourth-order valence-corrected chi connectivity index (χ4v) is 4.73. The Balaban J connectivity index is 1.97. The van der Waals surface area contributed by atoms with Crippen LogP contribution >= 0.6 is 27.3 Å². The Hall–Kier alpha value is -1.86. The lowest BCUT2D eigenvalue weighted by atomic mass is 9.95. The van der Waals surface area contributed by atoms with Crippen LogP contribution in [-0.4, -0.2) is 25.6 Å². The van der Waals surface area contributed by atoms with Gasteiger partial charge in [0.1, 0.15) is 10.8 Å². The van der Waals surface area contributed by atoms with Crippen molar-refractivity contribution in [1.29, 1.82) is 0 Å². The Morgan fingerprint density at radius 3 is 2.77 bits per heavy atom. The second-order valence-corrected chi connectivity index (χ2v) is 7.96. The first kappa shape index (κ1) is 18.9. The highest BCUT2D eigenvalue weighted by atomic mass is 79.9. The van der Waals surface area contributed by atoms with Crippen LogP contribution in [0.3, 0.4) is 0 Å². The van der Waals surface area contributed by atoms with E-state index in [1.54, 1.807) is 19.1 Å². The van der Waals surface area contributed by atoms with Gasteiger partial charge in [0.15, 0.2) is 0 Å². The van der Waals surface area contributed by atoms with E-state index < -0.39 is 0 Å². The highest BCUT2D eigenvalue weighted by molar-refractivity contribution is 9.10. The van der Waals surface area contributed by atoms with Gasteiger partial charge in [0.25, 0.3) is 5.91 Å². The summed E-state index contributed by atoms with van der Waals surface area (Å²) in [6.45, 7) is 2.08. The van der Waals surface area contributed by atoms with E-state index in [2.05, 4.69) is 21.2 Å². The molecule has 1 heterocycles. The maximum Gasteiger partial charge on any atom is 0.341 e. The van der Waals surface area contributed by atoms with Crippen molar-refractivity contribution >= 4 is 44.1 Å². The number of halogens is 1. The van der Waals surface area contributed by atoms with Gasteiger partial charge in [-0.25, -0.2) is 4.79 Å². The molecule has 2 aromatic rings. The topological polar surface area (TPSA) is 64.6 Å². The Morgan fingerprint density at radius 1 is 1.27 bits per heavy atom. The number of aryl methyl sites for hydroxylation is 1. The van der Waals surface area contributed by atoms with Gasteiger partial charge in [0.05, 0.1) is 24.8 Å². The number of fused-ring (bicyclic) bond motifs is 1. The summed E-state index contributed by atoms with van der Waals surface area (Å²) in [6.07, 6.45) is 3.92. The van der Waals surface area contributed by atoms with Crippen LogP contribution in [-0.2, 0) is 17.6 Å². The molecule has 26 heavy (non-hydrogen) atoms. The van der Waals surface area contributed by atoms with Crippen LogP contribution in [0.1, 0.15) is 50.9 Å². The van der Waals surface area contributed by atoms with Crippen LogP contribution in [0.4, 0.5) is 5.00 Å². The van der Waals surface area contributed by atoms with E-state index in [9.17, 15) is 9.59 Å². The number of carbonyl (C=O) groups excluding carboxylic acids is 2. The maximum absolute atomic E-state index is 12.8. The molecule has 5 nitrogen and oxygen atoms in total. The Morgan fingerprint density at radius 2 is 2.04 bits per heavy atom. The number of thiophene rings is 1. The Kier molecular flexibility index (Phi) is 5.98. The van der Waals surface area contributed by atoms with Crippen molar-refractivity contribution in [3.05, 3.63) is 44.2 Å². The zero-order chi connectivity index (χ0) is 18.7. The third-order valence-corrected chi connectivity index (χ3v) is 5.98. The first-order chi connectivity index (χ1) is 12.5. The number of methoxy groups -OCH3 is 1. The second kappa shape index (κ2) is 8.22. The highest BCUT2D eigenvalue weighted by Crippen LogP contribution is 2.39. The monoisotopic (exact) mass is 437 g/mol. The molecule has 3 rings (SSSR count). The molecular formula is C19H20BrNO4S. The second-order valence-electron chi connectivity index (χ2n) is 5.93. The van der Waals surface area contributed by atoms with E-state index in [0.717, 1.165) is 40.6 Å². The molecule has 0 bridgehead atoms. The summed E-state index contributed by atoms with van der Waals surface area (Å²) >= 11 is 4.85. The molecule has 7 heteroatoms. The van der Waals surface area contributed by atoms with Gasteiger partial charge < -0.3 is 14.8 Å². The van der Waals surface area contributed by atoms with E-state index >= 15 is 0 Å². The van der Waals surface area contributed by atoms with Crippen LogP contribution in [0.5, 0.6) is 5.75 Å². The van der Waals surface area contributed by atoms with Gasteiger partial charge in [0.2, 0.25) is 0 Å². The van der Waals surface area contributed by atoms with Crippen LogP contribution in [0.15, 0.2) is 22.7 Å². The minimum absolute atomic E-state index is 0.302. The summed E-state index contributed by atoms with van der Waals surface area (Å²) in [7, 11) is 1.52. The molecule has 0 aliphatic heterocycles. The third kappa shape index (κ3) is 3.78. The zero-order valence-corrected chi connectivity index (χ0v) is 17.1. The van der Waals surface area contributed by atoms with Gasteiger partial charge in [-0.2, -0.15) is 0 Å². The number of rotatable bonds is 5. The van der Waals surface area contributed by atoms with Crippen molar-refractivity contribution < 1.29 is 19.1 Å². The molecule has 0 radical (unpaired) electrons. The fraction of sp³-hybridized carbons (Fsp3) is 0.368. The van der Waals surface area contributed by atoms with Crippen molar-refractivity contribution in [1.82, 2.24) is 0 Å². The lowest BCUT2D eigenvalue weighted by molar-refractivity contribution is 0.0526. The van der Waals surface area contributed by atoms with E-state index in [1.165, 1.54) is 18.4 Å². The lowest BCUT2D eigenvalue weighted by Gasteiger charge is -2.12. The SMILES string of the molecule is CCOC(=O)c1c(NC(=O)c2cc(Br)ccc2OC)sc2c1CCCC2. The minimum Gasteiger partial charge on any atom is -0.496 e. The van der Waals surface area contributed by atoms with Gasteiger partial charge in [-0.05, 0) is 56.4 Å². The van der Waals surface area contributed by atoms with Crippen molar-refractivity contribution in [2.75, 3.05) is 19.0 Å². The average molecular weight is 438 g/mol. The number of ether oxygens (including phenoxy) is 2. The summed E-state index contributed by atoms with van der Waals surface area (Å²) in [6, 6.07) is 5.24. The number of hydrogen-bond donors (Lipinski definition) is 1. The molecule has 0 unspecified atom stereocenters. The smallest absolute Gasteiger partial charge is 0.341 e. The number of hydrogen-bond acceptors (Lipinski definition) is 5. The average Bonchev–Trinajstić information content (AvgIpc) is 2.99. The van der Waals surface area contributed by atoms with E-state index in [4.69, 9.17) is 9.47 Å². The molecule has 1 aliphatic rings. The summed E-state index contributed by atoms with van der Waals surface area (Å²) in [5.41, 5.74) is 1.94. The molecule has 138 valence electrons. The van der Waals surface area contributed by atoms with Crippen LogP contribution < -0.4 is 10.1 Å². The summed E-state index contributed by atoms with van der Waals surface area (Å²) in [5, 5.41) is 3.46. The molecule has 1 N–H and O–H groups in total. The predicted octanol–water partition coefficient (Wildman–Crippen LogP) is 4.83. The molecule has 1 aliphatic carbocycles. The van der Waals surface area contributed by atoms with Crippen molar-refractivity contribution in [3.63, 3.8) is 0 Å². The number of anilines is 1. The molecule has 0 fully saturated rings. The fourth-order valence-electron chi connectivity index (χ4n) is 3.10. The van der Waals surface area contributed by atoms with Gasteiger partial charge in [-0.1, -0.05) is 15.9 Å². The van der Waals surface area contributed by atoms with Gasteiger partial charge in [-0.3, -0.25) is 4.79 Å². The highest BCUT2D eigenvalue weighted by Gasteiger charge is 2.28. The van der Waals surface area contributed by atoms with Gasteiger partial charge in [0, 0.05) is 9.35 Å². The minimum atomic E-state index is -0.372. The Labute approximate surface area is 164 Å². The molecule has 1 aromatic heterocycles. The van der Waals surface area contributed by atoms with Gasteiger partial charge in [-0.15, -0.1) is 11.3 Å². The number of benzene rings is 1. The normalized spacial score (nSPS) is 13.0. The van der Waals surface area contributed by atoms with E-state index in [0.29, 0.717) is 28.5 Å². The van der Waals surface area contributed by atoms with Crippen LogP contribution in [0, 0.1) is 0 Å². The lowest BCUT2D eigenvalue weighted by Crippen LogP contribution is -2.16. The standard InChI is InChI=1S/C19H20BrNO4S/c1-3-25-19(23)16-12-6-4-5-7-15(12)26-18(16)21-17(22)13-10-11(20)8-9-14(13)24-2/h8-10H,3-7H2,1-2H3,(H,21,22). The Bertz CT molecular complexity index is 846. The molecule has 1 aromatic carbocycles. The number of esters is 1. The molecule has 0 saturated carbocycles. The van der Waals surface area contributed by atoms with Gasteiger partial charge >= 0.3 is 5.97 Å². The number of amides is 1. The quantitative estimate of drug-likeness (QED) is 0.680. The number of carbonyl (C=O) groups is 2. The summed E-state index contributed by atoms with van der Waals surface area (Å²) < 4.78 is 11.3. The van der Waals surface area contributed by atoms with E-state index in [-0.39, 0.29) is 11.9 Å². The summed E-state index contributed by atoms with van der Waals surface area (Å²) in [5.74, 6) is -0.208. The van der Waals surface area contributed by atoms with E-state index in [1.807, 2.05) is 6.07 Å². The first-order valence-corrected chi connectivity index (χ1v) is 10.1. The summed E-state index contributed by atoms with van der Waals surface area (Å²) in [4.78, 5) is 26.5. The first-order valence-electron chi connectivity index (χ1n) is 8.51. The molecule has 0 saturated heterocycles. The number of nitrogens with one attached hydrogen (secondary N) is 1. The molecule has 0 atom stereocenters.